The molecule has 0 radical (unpaired) electrons. The molecule has 14 heavy (non-hydrogen) atoms. The number of hydrogen-bond donors (Lipinski definition) is 2. The Labute approximate surface area is 94.2 Å². The molecule has 0 unspecified atom stereocenters. The molecule has 78 valence electrons. The topological polar surface area (TPSA) is 24.1 Å². The van der Waals surface area contributed by atoms with Crippen molar-refractivity contribution < 1.29 is 0 Å². The molecule has 0 aliphatic carbocycles. The van der Waals surface area contributed by atoms with Crippen LogP contribution in [0.25, 0.3) is 0 Å². The van der Waals surface area contributed by atoms with Gasteiger partial charge in [0.05, 0.1) is 0 Å². The summed E-state index contributed by atoms with van der Waals surface area (Å²) in [6, 6.07) is 6.33. The maximum absolute atomic E-state index is 3.51. The molecule has 0 fully saturated rings. The van der Waals surface area contributed by atoms with E-state index in [1.165, 1.54) is 11.3 Å². The summed E-state index contributed by atoms with van der Waals surface area (Å²) in [7, 11) is 0. The van der Waals surface area contributed by atoms with Crippen molar-refractivity contribution in [3.05, 3.63) is 28.2 Å². The zero-order chi connectivity index (χ0) is 10.4. The molecule has 2 nitrogen and oxygen atoms in total. The molecule has 0 bridgehead atoms. The summed E-state index contributed by atoms with van der Waals surface area (Å²) in [5, 5.41) is 6.63. The van der Waals surface area contributed by atoms with Crippen molar-refractivity contribution in [3.8, 4) is 0 Å². The second kappa shape index (κ2) is 6.04. The van der Waals surface area contributed by atoms with Crippen LogP contribution in [0.5, 0.6) is 0 Å². The molecule has 0 aliphatic heterocycles. The summed E-state index contributed by atoms with van der Waals surface area (Å²) < 4.78 is 1.16. The molecule has 0 saturated carbocycles. The number of hydrogen-bond acceptors (Lipinski definition) is 2. The number of halogens is 1. The predicted molar refractivity (Wildman–Crippen MR) is 65.9 cm³/mol. The lowest BCUT2D eigenvalue weighted by molar-refractivity contribution is 0.739. The average molecular weight is 257 g/mol. The third-order valence-corrected chi connectivity index (χ3v) is 2.91. The van der Waals surface area contributed by atoms with Crippen LogP contribution in [-0.2, 0) is 0 Å². The van der Waals surface area contributed by atoms with Gasteiger partial charge >= 0.3 is 0 Å². The Balaban J connectivity index is 2.39. The summed E-state index contributed by atoms with van der Waals surface area (Å²) in [4.78, 5) is 0. The van der Waals surface area contributed by atoms with Gasteiger partial charge in [-0.3, -0.25) is 0 Å². The summed E-state index contributed by atoms with van der Waals surface area (Å²) in [6.45, 7) is 7.19. The lowest BCUT2D eigenvalue weighted by Gasteiger charge is -2.08. The van der Waals surface area contributed by atoms with Gasteiger partial charge in [-0.1, -0.05) is 28.9 Å². The highest BCUT2D eigenvalue weighted by Gasteiger charge is 1.95. The third-order valence-electron chi connectivity index (χ3n) is 2.05. The first-order chi connectivity index (χ1) is 6.74. The molecular weight excluding hydrogens is 240 g/mol. The first-order valence-corrected chi connectivity index (χ1v) is 5.74. The molecule has 0 aromatic heterocycles. The van der Waals surface area contributed by atoms with Crippen molar-refractivity contribution in [3.63, 3.8) is 0 Å². The van der Waals surface area contributed by atoms with Gasteiger partial charge in [-0.05, 0) is 31.2 Å². The van der Waals surface area contributed by atoms with E-state index in [-0.39, 0.29) is 0 Å². The Hall–Kier alpha value is -0.540. The SMILES string of the molecule is CCNCCNc1ccc(C)c(Br)c1. The molecule has 0 saturated heterocycles. The smallest absolute Gasteiger partial charge is 0.0352 e. The molecule has 1 aromatic carbocycles. The molecule has 0 aliphatic rings. The van der Waals surface area contributed by atoms with Gasteiger partial charge in [0, 0.05) is 23.2 Å². The van der Waals surface area contributed by atoms with Crippen LogP contribution in [0.3, 0.4) is 0 Å². The van der Waals surface area contributed by atoms with Crippen LogP contribution < -0.4 is 10.6 Å². The number of likely N-dealkylation sites (N-methyl/N-ethyl adjacent to an activating group) is 1. The van der Waals surface area contributed by atoms with Crippen molar-refractivity contribution in [2.75, 3.05) is 25.0 Å². The minimum atomic E-state index is 0.962. The van der Waals surface area contributed by atoms with Gasteiger partial charge in [0.1, 0.15) is 0 Å². The normalized spacial score (nSPS) is 10.2. The molecule has 0 atom stereocenters. The fraction of sp³-hybridized carbons (Fsp3) is 0.455. The van der Waals surface area contributed by atoms with Crippen LogP contribution in [-0.4, -0.2) is 19.6 Å². The Morgan fingerprint density at radius 1 is 1.29 bits per heavy atom. The molecule has 0 heterocycles. The minimum absolute atomic E-state index is 0.962. The lowest BCUT2D eigenvalue weighted by atomic mass is 10.2. The zero-order valence-electron chi connectivity index (χ0n) is 8.73. The summed E-state index contributed by atoms with van der Waals surface area (Å²) >= 11 is 3.51. The fourth-order valence-corrected chi connectivity index (χ4v) is 1.55. The highest BCUT2D eigenvalue weighted by Crippen LogP contribution is 2.20. The lowest BCUT2D eigenvalue weighted by Crippen LogP contribution is -2.21. The molecule has 1 aromatic rings. The Morgan fingerprint density at radius 3 is 2.71 bits per heavy atom. The van der Waals surface area contributed by atoms with Crippen LogP contribution in [0, 0.1) is 6.92 Å². The fourth-order valence-electron chi connectivity index (χ4n) is 1.17. The van der Waals surface area contributed by atoms with E-state index in [1.807, 2.05) is 0 Å². The van der Waals surface area contributed by atoms with E-state index in [0.717, 1.165) is 24.1 Å². The van der Waals surface area contributed by atoms with Gasteiger partial charge in [-0.25, -0.2) is 0 Å². The van der Waals surface area contributed by atoms with E-state index in [4.69, 9.17) is 0 Å². The highest BCUT2D eigenvalue weighted by molar-refractivity contribution is 9.10. The quantitative estimate of drug-likeness (QED) is 0.792. The van der Waals surface area contributed by atoms with Crippen LogP contribution in [0.2, 0.25) is 0 Å². The minimum Gasteiger partial charge on any atom is -0.384 e. The van der Waals surface area contributed by atoms with Crippen LogP contribution in [0.1, 0.15) is 12.5 Å². The number of aryl methyl sites for hydroxylation is 1. The predicted octanol–water partition coefficient (Wildman–Crippen LogP) is 2.78. The van der Waals surface area contributed by atoms with Crippen molar-refractivity contribution in [2.45, 2.75) is 13.8 Å². The summed E-state index contributed by atoms with van der Waals surface area (Å²) in [5.74, 6) is 0. The monoisotopic (exact) mass is 256 g/mol. The molecule has 0 amide bonds. The Bertz CT molecular complexity index is 287. The van der Waals surface area contributed by atoms with Gasteiger partial charge in [0.25, 0.3) is 0 Å². The van der Waals surface area contributed by atoms with Gasteiger partial charge in [0.2, 0.25) is 0 Å². The van der Waals surface area contributed by atoms with Crippen molar-refractivity contribution >= 4 is 21.6 Å². The first kappa shape index (κ1) is 11.5. The van der Waals surface area contributed by atoms with Crippen LogP contribution >= 0.6 is 15.9 Å². The zero-order valence-corrected chi connectivity index (χ0v) is 10.3. The van der Waals surface area contributed by atoms with Crippen molar-refractivity contribution in [1.82, 2.24) is 5.32 Å². The van der Waals surface area contributed by atoms with E-state index >= 15 is 0 Å². The van der Waals surface area contributed by atoms with Crippen LogP contribution in [0.15, 0.2) is 22.7 Å². The van der Waals surface area contributed by atoms with Gasteiger partial charge < -0.3 is 10.6 Å². The number of benzene rings is 1. The van der Waals surface area contributed by atoms with Gasteiger partial charge in [-0.15, -0.1) is 0 Å². The molecule has 2 N–H and O–H groups in total. The van der Waals surface area contributed by atoms with Gasteiger partial charge in [-0.2, -0.15) is 0 Å². The van der Waals surface area contributed by atoms with Crippen molar-refractivity contribution in [2.24, 2.45) is 0 Å². The van der Waals surface area contributed by atoms with Crippen molar-refractivity contribution in [1.29, 1.82) is 0 Å². The van der Waals surface area contributed by atoms with E-state index in [0.29, 0.717) is 0 Å². The van der Waals surface area contributed by atoms with E-state index in [1.54, 1.807) is 0 Å². The maximum Gasteiger partial charge on any atom is 0.0352 e. The molecular formula is C11H17BrN2. The summed E-state index contributed by atoms with van der Waals surface area (Å²) in [5.41, 5.74) is 2.43. The van der Waals surface area contributed by atoms with E-state index in [2.05, 4.69) is 58.6 Å². The maximum atomic E-state index is 3.51. The average Bonchev–Trinajstić information content (AvgIpc) is 2.18. The van der Waals surface area contributed by atoms with Crippen LogP contribution in [0.4, 0.5) is 5.69 Å². The standard InChI is InChI=1S/C11H17BrN2/c1-3-13-6-7-14-10-5-4-9(2)11(12)8-10/h4-5,8,13-14H,3,6-7H2,1-2H3. The van der Waals surface area contributed by atoms with E-state index in [9.17, 15) is 0 Å². The Kier molecular flexibility index (Phi) is 4.98. The first-order valence-electron chi connectivity index (χ1n) is 4.94. The second-order valence-electron chi connectivity index (χ2n) is 3.24. The molecule has 1 rings (SSSR count). The van der Waals surface area contributed by atoms with Gasteiger partial charge in [0.15, 0.2) is 0 Å². The molecule has 0 spiro atoms. The Morgan fingerprint density at radius 2 is 2.07 bits per heavy atom. The van der Waals surface area contributed by atoms with E-state index < -0.39 is 0 Å². The second-order valence-corrected chi connectivity index (χ2v) is 4.10. The highest BCUT2D eigenvalue weighted by atomic mass is 79.9. The molecule has 3 heteroatoms. The largest absolute Gasteiger partial charge is 0.384 e. The number of anilines is 1. The number of rotatable bonds is 5. The number of nitrogens with one attached hydrogen (secondary N) is 2. The summed E-state index contributed by atoms with van der Waals surface area (Å²) in [6.07, 6.45) is 0. The third kappa shape index (κ3) is 3.68.